The number of allylic oxidation sites excluding steroid dienone is 2. The third kappa shape index (κ3) is 1.96. The number of thiol groups is 2. The van der Waals surface area contributed by atoms with Gasteiger partial charge in [0.2, 0.25) is 0 Å². The van der Waals surface area contributed by atoms with Crippen molar-refractivity contribution in [2.75, 3.05) is 0 Å². The summed E-state index contributed by atoms with van der Waals surface area (Å²) in [6.07, 6.45) is 4.14. The molecular weight excluding hydrogens is 220 g/mol. The maximum atomic E-state index is 5.92. The highest BCUT2D eigenvalue weighted by Crippen LogP contribution is 2.45. The molecule has 0 N–H and O–H groups in total. The molecule has 1 aromatic rings. The number of rotatable bonds is 1. The van der Waals surface area contributed by atoms with Crippen LogP contribution in [-0.4, -0.2) is 0 Å². The number of hydrogen-bond acceptors (Lipinski definition) is 1. The van der Waals surface area contributed by atoms with Gasteiger partial charge in [-0.2, -0.15) is 10.9 Å². The van der Waals surface area contributed by atoms with E-state index in [1.807, 2.05) is 18.2 Å². The van der Waals surface area contributed by atoms with Gasteiger partial charge in [-0.15, -0.1) is 12.6 Å². The highest BCUT2D eigenvalue weighted by molar-refractivity contribution is 8.22. The first-order valence-corrected chi connectivity index (χ1v) is 6.20. The van der Waals surface area contributed by atoms with Crippen molar-refractivity contribution in [2.24, 2.45) is 0 Å². The first-order valence-electron chi connectivity index (χ1n) is 3.89. The van der Waals surface area contributed by atoms with Gasteiger partial charge in [-0.1, -0.05) is 23.8 Å². The molecule has 0 atom stereocenters. The maximum Gasteiger partial charge on any atom is 0.0417 e. The van der Waals surface area contributed by atoms with Crippen LogP contribution >= 0.6 is 35.1 Å². The lowest BCUT2D eigenvalue weighted by Crippen LogP contribution is -1.78. The summed E-state index contributed by atoms with van der Waals surface area (Å²) in [7, 11) is -0.299. The molecule has 1 aromatic carbocycles. The van der Waals surface area contributed by atoms with Crippen LogP contribution in [0.2, 0.25) is 5.02 Å². The van der Waals surface area contributed by atoms with E-state index < -0.39 is 0 Å². The summed E-state index contributed by atoms with van der Waals surface area (Å²) in [6, 6.07) is 5.81. The molecule has 1 aliphatic rings. The average Bonchev–Trinajstić information content (AvgIpc) is 2.61. The largest absolute Gasteiger partial charge is 0.185 e. The predicted molar refractivity (Wildman–Crippen MR) is 64.2 cm³/mol. The summed E-state index contributed by atoms with van der Waals surface area (Å²) in [4.78, 5) is 2.25. The quantitative estimate of drug-likeness (QED) is 0.667. The van der Waals surface area contributed by atoms with Gasteiger partial charge in [0, 0.05) is 14.8 Å². The molecule has 0 saturated heterocycles. The molecule has 0 spiro atoms. The van der Waals surface area contributed by atoms with Gasteiger partial charge >= 0.3 is 0 Å². The van der Waals surface area contributed by atoms with Gasteiger partial charge < -0.3 is 0 Å². The van der Waals surface area contributed by atoms with Crippen LogP contribution in [0, 0.1) is 0 Å². The summed E-state index contributed by atoms with van der Waals surface area (Å²) in [5.41, 5.74) is 0. The fraction of sp³-hybridized carbons (Fsp3) is 0. The molecule has 1 heterocycles. The second kappa shape index (κ2) is 3.82. The highest BCUT2D eigenvalue weighted by atomic mass is 35.5. The predicted octanol–water partition coefficient (Wildman–Crippen LogP) is 4.03. The zero-order valence-electron chi connectivity index (χ0n) is 6.81. The lowest BCUT2D eigenvalue weighted by molar-refractivity contribution is 1.26. The van der Waals surface area contributed by atoms with Gasteiger partial charge in [0.25, 0.3) is 0 Å². The van der Waals surface area contributed by atoms with Crippen LogP contribution in [-0.2, 0) is 0 Å². The van der Waals surface area contributed by atoms with Crippen molar-refractivity contribution >= 4 is 35.1 Å². The topological polar surface area (TPSA) is 0 Å². The van der Waals surface area contributed by atoms with Crippen molar-refractivity contribution in [3.63, 3.8) is 0 Å². The Bertz CT molecular complexity index is 371. The van der Waals surface area contributed by atoms with E-state index in [1.54, 1.807) is 0 Å². The third-order valence-electron chi connectivity index (χ3n) is 1.82. The van der Waals surface area contributed by atoms with Crippen LogP contribution in [0.5, 0.6) is 0 Å². The molecule has 0 saturated carbocycles. The minimum atomic E-state index is -0.299. The molecular formula is C10H9ClS2. The van der Waals surface area contributed by atoms with E-state index in [-0.39, 0.29) is 10.9 Å². The second-order valence-corrected chi connectivity index (χ2v) is 5.53. The van der Waals surface area contributed by atoms with Crippen molar-refractivity contribution < 1.29 is 0 Å². The van der Waals surface area contributed by atoms with Crippen LogP contribution in [0.3, 0.4) is 0 Å². The monoisotopic (exact) mass is 228 g/mol. The Hall–Kier alpha value is -0.310. The first-order chi connectivity index (χ1) is 6.27. The van der Waals surface area contributed by atoms with Gasteiger partial charge in [-0.05, 0) is 29.0 Å². The molecule has 68 valence electrons. The van der Waals surface area contributed by atoms with Crippen LogP contribution < -0.4 is 0 Å². The SMILES string of the molecule is Sc1ccc(Cl)cc1[SH]1C=CC=C1. The van der Waals surface area contributed by atoms with E-state index in [9.17, 15) is 0 Å². The van der Waals surface area contributed by atoms with Gasteiger partial charge in [-0.25, -0.2) is 0 Å². The van der Waals surface area contributed by atoms with Gasteiger partial charge in [0.05, 0.1) is 0 Å². The summed E-state index contributed by atoms with van der Waals surface area (Å²) in [5, 5.41) is 5.17. The normalized spacial score (nSPS) is 16.9. The van der Waals surface area contributed by atoms with Crippen LogP contribution in [0.4, 0.5) is 0 Å². The summed E-state index contributed by atoms with van der Waals surface area (Å²) >= 11 is 10.3. The smallest absolute Gasteiger partial charge is 0.0417 e. The van der Waals surface area contributed by atoms with E-state index in [0.29, 0.717) is 0 Å². The molecule has 0 radical (unpaired) electrons. The van der Waals surface area contributed by atoms with Crippen molar-refractivity contribution in [3.8, 4) is 0 Å². The molecule has 0 aliphatic carbocycles. The van der Waals surface area contributed by atoms with E-state index in [4.69, 9.17) is 11.6 Å². The van der Waals surface area contributed by atoms with Crippen LogP contribution in [0.25, 0.3) is 0 Å². The number of halogens is 1. The summed E-state index contributed by atoms with van der Waals surface area (Å²) in [6.45, 7) is 0. The Labute approximate surface area is 91.1 Å². The van der Waals surface area contributed by atoms with E-state index in [2.05, 4.69) is 35.6 Å². The van der Waals surface area contributed by atoms with E-state index in [0.717, 1.165) is 9.92 Å². The van der Waals surface area contributed by atoms with Crippen molar-refractivity contribution in [2.45, 2.75) is 9.79 Å². The van der Waals surface area contributed by atoms with Gasteiger partial charge in [0.15, 0.2) is 0 Å². The maximum absolute atomic E-state index is 5.92. The minimum Gasteiger partial charge on any atom is -0.185 e. The van der Waals surface area contributed by atoms with Crippen molar-refractivity contribution in [1.82, 2.24) is 0 Å². The van der Waals surface area contributed by atoms with Gasteiger partial charge in [0.1, 0.15) is 0 Å². The van der Waals surface area contributed by atoms with Crippen molar-refractivity contribution in [3.05, 3.63) is 46.2 Å². The average molecular weight is 229 g/mol. The fourth-order valence-electron chi connectivity index (χ4n) is 1.20. The Kier molecular flexibility index (Phi) is 2.72. The van der Waals surface area contributed by atoms with E-state index >= 15 is 0 Å². The molecule has 0 bridgehead atoms. The molecule has 2 rings (SSSR count). The Balaban J connectivity index is 2.44. The molecule has 1 aliphatic heterocycles. The zero-order valence-corrected chi connectivity index (χ0v) is 9.36. The zero-order chi connectivity index (χ0) is 9.26. The third-order valence-corrected chi connectivity index (χ3v) is 4.53. The Morgan fingerprint density at radius 1 is 1.15 bits per heavy atom. The molecule has 0 amide bonds. The van der Waals surface area contributed by atoms with Crippen LogP contribution in [0.15, 0.2) is 51.0 Å². The molecule has 3 heteroatoms. The molecule has 0 unspecified atom stereocenters. The van der Waals surface area contributed by atoms with Crippen LogP contribution in [0.1, 0.15) is 0 Å². The molecule has 13 heavy (non-hydrogen) atoms. The highest BCUT2D eigenvalue weighted by Gasteiger charge is 2.06. The second-order valence-electron chi connectivity index (χ2n) is 2.72. The fourth-order valence-corrected chi connectivity index (χ4v) is 3.55. The van der Waals surface area contributed by atoms with Gasteiger partial charge in [-0.3, -0.25) is 0 Å². The lowest BCUT2D eigenvalue weighted by atomic mass is 10.4. The number of hydrogen-bond donors (Lipinski definition) is 2. The standard InChI is InChI=1S/C10H9ClS2/c11-8-3-4-9(12)10(7-8)13-5-1-2-6-13/h1-7,12-13H. The summed E-state index contributed by atoms with van der Waals surface area (Å²) < 4.78 is 0. The first kappa shape index (κ1) is 9.25. The summed E-state index contributed by atoms with van der Waals surface area (Å²) in [5.74, 6) is 0. The Morgan fingerprint density at radius 2 is 1.85 bits per heavy atom. The minimum absolute atomic E-state index is 0.299. The molecule has 0 fully saturated rings. The molecule has 0 nitrogen and oxygen atoms in total. The van der Waals surface area contributed by atoms with E-state index in [1.165, 1.54) is 4.90 Å². The van der Waals surface area contributed by atoms with Crippen molar-refractivity contribution in [1.29, 1.82) is 0 Å². The molecule has 0 aromatic heterocycles. The number of benzene rings is 1. The Morgan fingerprint density at radius 3 is 2.54 bits per heavy atom. The lowest BCUT2D eigenvalue weighted by Gasteiger charge is -2.12.